The first-order chi connectivity index (χ1) is 10.6. The molecule has 0 aromatic carbocycles. The van der Waals surface area contributed by atoms with Gasteiger partial charge in [0.05, 0.1) is 27.4 Å². The molecule has 0 aromatic heterocycles. The fourth-order valence-electron chi connectivity index (χ4n) is 3.00. The average molecular weight is 332 g/mol. The third-order valence-electron chi connectivity index (χ3n) is 3.73. The van der Waals surface area contributed by atoms with Crippen LogP contribution in [0.3, 0.4) is 0 Å². The summed E-state index contributed by atoms with van der Waals surface area (Å²) in [6.07, 6.45) is 3.32. The molecule has 0 saturated carbocycles. The molecule has 0 radical (unpaired) electrons. The van der Waals surface area contributed by atoms with Crippen LogP contribution in [0.4, 0.5) is 9.59 Å². The Labute approximate surface area is 139 Å². The summed E-state index contributed by atoms with van der Waals surface area (Å²) >= 11 is 0. The van der Waals surface area contributed by atoms with Gasteiger partial charge in [0.1, 0.15) is 0 Å². The van der Waals surface area contributed by atoms with Gasteiger partial charge in [0.2, 0.25) is 0 Å². The summed E-state index contributed by atoms with van der Waals surface area (Å²) in [5.74, 6) is 0. The van der Waals surface area contributed by atoms with Gasteiger partial charge in [-0.05, 0) is 42.9 Å². The largest absolute Gasteiger partial charge is 0.507 e. The Bertz CT molecular complexity index is 328. The molecule has 0 fully saturated rings. The minimum absolute atomic E-state index is 0.145. The number of hydrogen-bond acceptors (Lipinski definition) is 6. The van der Waals surface area contributed by atoms with Gasteiger partial charge in [0.15, 0.2) is 0 Å². The molecular formula is C17H32O6. The van der Waals surface area contributed by atoms with E-state index in [4.69, 9.17) is 9.47 Å². The summed E-state index contributed by atoms with van der Waals surface area (Å²) in [7, 11) is 2.61. The van der Waals surface area contributed by atoms with E-state index in [1.165, 1.54) is 14.2 Å². The van der Waals surface area contributed by atoms with Crippen molar-refractivity contribution in [1.29, 1.82) is 0 Å². The normalized spacial score (nSPS) is 11.7. The Morgan fingerprint density at radius 1 is 0.739 bits per heavy atom. The zero-order chi connectivity index (χ0) is 17.9. The summed E-state index contributed by atoms with van der Waals surface area (Å²) in [5, 5.41) is 0. The summed E-state index contributed by atoms with van der Waals surface area (Å²) in [4.78, 5) is 21.8. The van der Waals surface area contributed by atoms with Gasteiger partial charge in [0.25, 0.3) is 0 Å². The average Bonchev–Trinajstić information content (AvgIpc) is 2.46. The quantitative estimate of drug-likeness (QED) is 0.431. The first-order valence-corrected chi connectivity index (χ1v) is 8.03. The van der Waals surface area contributed by atoms with Crippen molar-refractivity contribution in [2.24, 2.45) is 10.8 Å². The van der Waals surface area contributed by atoms with Gasteiger partial charge in [-0.2, -0.15) is 0 Å². The highest BCUT2D eigenvalue weighted by Gasteiger charge is 2.28. The molecule has 0 aliphatic carbocycles. The third kappa shape index (κ3) is 11.7. The van der Waals surface area contributed by atoms with E-state index in [1.807, 2.05) is 0 Å². The minimum atomic E-state index is -0.631. The van der Waals surface area contributed by atoms with Gasteiger partial charge in [-0.3, -0.25) is 0 Å². The van der Waals surface area contributed by atoms with Gasteiger partial charge in [0, 0.05) is 0 Å². The number of carbonyl (C=O) groups is 2. The Morgan fingerprint density at radius 2 is 1.09 bits per heavy atom. The highest BCUT2D eigenvalue weighted by Crippen LogP contribution is 2.39. The van der Waals surface area contributed by atoms with Crippen LogP contribution in [0.15, 0.2) is 0 Å². The van der Waals surface area contributed by atoms with Crippen molar-refractivity contribution in [2.75, 3.05) is 27.4 Å². The van der Waals surface area contributed by atoms with E-state index in [-0.39, 0.29) is 10.8 Å². The van der Waals surface area contributed by atoms with Crippen LogP contribution < -0.4 is 0 Å². The van der Waals surface area contributed by atoms with E-state index < -0.39 is 12.3 Å². The second kappa shape index (κ2) is 10.3. The Morgan fingerprint density at radius 3 is 1.39 bits per heavy atom. The fraction of sp³-hybridized carbons (Fsp3) is 0.882. The van der Waals surface area contributed by atoms with E-state index in [9.17, 15) is 9.59 Å². The lowest BCUT2D eigenvalue weighted by Gasteiger charge is -2.35. The zero-order valence-electron chi connectivity index (χ0n) is 15.4. The van der Waals surface area contributed by atoms with Crippen LogP contribution in [-0.4, -0.2) is 39.7 Å². The third-order valence-corrected chi connectivity index (χ3v) is 3.73. The van der Waals surface area contributed by atoms with Gasteiger partial charge in [-0.15, -0.1) is 0 Å². The van der Waals surface area contributed by atoms with Crippen molar-refractivity contribution < 1.29 is 28.5 Å². The van der Waals surface area contributed by atoms with Crippen LogP contribution in [0.1, 0.15) is 59.8 Å². The van der Waals surface area contributed by atoms with Crippen molar-refractivity contribution in [3.63, 3.8) is 0 Å². The Kier molecular flexibility index (Phi) is 9.68. The first kappa shape index (κ1) is 21.5. The van der Waals surface area contributed by atoms with E-state index >= 15 is 0 Å². The molecule has 0 N–H and O–H groups in total. The van der Waals surface area contributed by atoms with Crippen LogP contribution in [0.2, 0.25) is 0 Å². The van der Waals surface area contributed by atoms with Crippen molar-refractivity contribution in [2.45, 2.75) is 59.8 Å². The first-order valence-electron chi connectivity index (χ1n) is 8.03. The van der Waals surface area contributed by atoms with Gasteiger partial charge >= 0.3 is 12.3 Å². The maximum atomic E-state index is 10.9. The number of carbonyl (C=O) groups excluding carboxylic acids is 2. The molecule has 23 heavy (non-hydrogen) atoms. The lowest BCUT2D eigenvalue weighted by molar-refractivity contribution is 0.0633. The molecule has 0 aromatic rings. The summed E-state index contributed by atoms with van der Waals surface area (Å²) in [6, 6.07) is 0. The van der Waals surface area contributed by atoms with Crippen LogP contribution in [-0.2, 0) is 18.9 Å². The summed E-state index contributed by atoms with van der Waals surface area (Å²) < 4.78 is 18.7. The molecule has 6 heteroatoms. The SMILES string of the molecule is COC(=O)OCCCC(C)(C)CC(C)(C)CCCOC(=O)OC. The monoisotopic (exact) mass is 332 g/mol. The van der Waals surface area contributed by atoms with Crippen LogP contribution in [0.5, 0.6) is 0 Å². The van der Waals surface area contributed by atoms with Crippen LogP contribution >= 0.6 is 0 Å². The molecule has 0 spiro atoms. The highest BCUT2D eigenvalue weighted by atomic mass is 16.7. The van der Waals surface area contributed by atoms with Crippen LogP contribution in [0, 0.1) is 10.8 Å². The lowest BCUT2D eigenvalue weighted by Crippen LogP contribution is -2.24. The van der Waals surface area contributed by atoms with Crippen molar-refractivity contribution >= 4 is 12.3 Å². The van der Waals surface area contributed by atoms with E-state index in [0.29, 0.717) is 13.2 Å². The molecule has 0 heterocycles. The van der Waals surface area contributed by atoms with E-state index in [0.717, 1.165) is 32.1 Å². The topological polar surface area (TPSA) is 71.1 Å². The summed E-state index contributed by atoms with van der Waals surface area (Å²) in [5.41, 5.74) is 0.290. The molecule has 0 atom stereocenters. The number of hydrogen-bond donors (Lipinski definition) is 0. The predicted octanol–water partition coefficient (Wildman–Crippen LogP) is 4.56. The molecule has 6 nitrogen and oxygen atoms in total. The van der Waals surface area contributed by atoms with Crippen LogP contribution in [0.25, 0.3) is 0 Å². The minimum Gasteiger partial charge on any atom is -0.438 e. The van der Waals surface area contributed by atoms with Crippen molar-refractivity contribution in [3.8, 4) is 0 Å². The maximum Gasteiger partial charge on any atom is 0.507 e. The number of rotatable bonds is 10. The number of ether oxygens (including phenoxy) is 4. The van der Waals surface area contributed by atoms with Gasteiger partial charge in [-0.25, -0.2) is 9.59 Å². The second-order valence-electron chi connectivity index (χ2n) is 7.32. The second-order valence-corrected chi connectivity index (χ2v) is 7.32. The molecule has 0 aliphatic heterocycles. The maximum absolute atomic E-state index is 10.9. The molecule has 0 unspecified atom stereocenters. The van der Waals surface area contributed by atoms with Crippen molar-refractivity contribution in [3.05, 3.63) is 0 Å². The molecule has 0 bridgehead atoms. The molecule has 136 valence electrons. The summed E-state index contributed by atoms with van der Waals surface area (Å²) in [6.45, 7) is 9.64. The molecule has 0 aliphatic rings. The van der Waals surface area contributed by atoms with Gasteiger partial charge < -0.3 is 18.9 Å². The Balaban J connectivity index is 4.03. The van der Waals surface area contributed by atoms with E-state index in [2.05, 4.69) is 37.2 Å². The smallest absolute Gasteiger partial charge is 0.438 e. The lowest BCUT2D eigenvalue weighted by atomic mass is 9.71. The molecule has 0 saturated heterocycles. The molecule has 0 rings (SSSR count). The fourth-order valence-corrected chi connectivity index (χ4v) is 3.00. The molecule has 0 amide bonds. The standard InChI is InChI=1S/C17H32O6/c1-16(2,9-7-11-22-14(18)20-5)13-17(3,4)10-8-12-23-15(19)21-6/h7-13H2,1-6H3. The predicted molar refractivity (Wildman–Crippen MR) is 87.4 cm³/mol. The van der Waals surface area contributed by atoms with E-state index in [1.54, 1.807) is 0 Å². The van der Waals surface area contributed by atoms with Gasteiger partial charge in [-0.1, -0.05) is 27.7 Å². The number of methoxy groups -OCH3 is 2. The van der Waals surface area contributed by atoms with Crippen molar-refractivity contribution in [1.82, 2.24) is 0 Å². The Hall–Kier alpha value is -1.46. The zero-order valence-corrected chi connectivity index (χ0v) is 15.4. The highest BCUT2D eigenvalue weighted by molar-refractivity contribution is 5.59. The molecular weight excluding hydrogens is 300 g/mol.